The average molecular weight is 257 g/mol. The van der Waals surface area contributed by atoms with Crippen LogP contribution in [0.15, 0.2) is 0 Å². The first-order valence-corrected chi connectivity index (χ1v) is 6.58. The molecular formula is C13H21ClN2O. The third-order valence-corrected chi connectivity index (χ3v) is 3.42. The lowest BCUT2D eigenvalue weighted by Crippen LogP contribution is -2.07. The lowest BCUT2D eigenvalue weighted by atomic mass is 10.0. The number of aryl methyl sites for hydroxylation is 2. The van der Waals surface area contributed by atoms with Gasteiger partial charge in [0.05, 0.1) is 16.4 Å². The molecule has 0 fully saturated rings. The molecule has 0 radical (unpaired) electrons. The number of hydrogen-bond acceptors (Lipinski definition) is 2. The van der Waals surface area contributed by atoms with Gasteiger partial charge >= 0.3 is 0 Å². The lowest BCUT2D eigenvalue weighted by Gasteiger charge is -2.05. The zero-order valence-electron chi connectivity index (χ0n) is 11.1. The van der Waals surface area contributed by atoms with Crippen molar-refractivity contribution in [2.24, 2.45) is 13.0 Å². The van der Waals surface area contributed by atoms with Crippen molar-refractivity contribution in [3.63, 3.8) is 0 Å². The number of ketones is 1. The van der Waals surface area contributed by atoms with Gasteiger partial charge in [0.15, 0.2) is 0 Å². The number of hydrogen-bond donors (Lipinski definition) is 0. The summed E-state index contributed by atoms with van der Waals surface area (Å²) in [5.74, 6) is 0.446. The zero-order valence-corrected chi connectivity index (χ0v) is 11.8. The summed E-state index contributed by atoms with van der Waals surface area (Å²) in [6.45, 7) is 5.92. The van der Waals surface area contributed by atoms with Gasteiger partial charge in [-0.1, -0.05) is 32.4 Å². The van der Waals surface area contributed by atoms with Gasteiger partial charge in [0, 0.05) is 19.4 Å². The van der Waals surface area contributed by atoms with Gasteiger partial charge in [-0.3, -0.25) is 9.48 Å². The summed E-state index contributed by atoms with van der Waals surface area (Å²) >= 11 is 6.24. The van der Waals surface area contributed by atoms with E-state index in [-0.39, 0.29) is 5.92 Å². The van der Waals surface area contributed by atoms with Crippen molar-refractivity contribution in [3.05, 3.63) is 16.4 Å². The molecule has 1 heterocycles. The predicted molar refractivity (Wildman–Crippen MR) is 70.4 cm³/mol. The Bertz CT molecular complexity index is 396. The van der Waals surface area contributed by atoms with Crippen LogP contribution in [0.25, 0.3) is 0 Å². The van der Waals surface area contributed by atoms with Crippen LogP contribution >= 0.6 is 11.6 Å². The molecule has 0 aromatic carbocycles. The third-order valence-electron chi connectivity index (χ3n) is 2.98. The van der Waals surface area contributed by atoms with Gasteiger partial charge in [0.2, 0.25) is 0 Å². The summed E-state index contributed by atoms with van der Waals surface area (Å²) in [7, 11) is 1.91. The highest BCUT2D eigenvalue weighted by molar-refractivity contribution is 6.31. The Labute approximate surface area is 108 Å². The van der Waals surface area contributed by atoms with E-state index in [1.54, 1.807) is 0 Å². The Hall–Kier alpha value is -0.830. The SMILES string of the molecule is CCc1nn(C)c(CCCC(=O)C(C)C)c1Cl. The number of aromatic nitrogens is 2. The number of rotatable bonds is 6. The largest absolute Gasteiger partial charge is 0.299 e. The Morgan fingerprint density at radius 2 is 2.12 bits per heavy atom. The van der Waals surface area contributed by atoms with E-state index < -0.39 is 0 Å². The first kappa shape index (κ1) is 14.2. The van der Waals surface area contributed by atoms with E-state index in [2.05, 4.69) is 5.10 Å². The third kappa shape index (κ3) is 3.56. The van der Waals surface area contributed by atoms with Crippen LogP contribution in [0.5, 0.6) is 0 Å². The molecule has 96 valence electrons. The molecule has 0 N–H and O–H groups in total. The maximum Gasteiger partial charge on any atom is 0.135 e. The van der Waals surface area contributed by atoms with E-state index >= 15 is 0 Å². The maximum absolute atomic E-state index is 11.5. The fourth-order valence-electron chi connectivity index (χ4n) is 1.81. The first-order chi connectivity index (χ1) is 7.97. The smallest absolute Gasteiger partial charge is 0.135 e. The Morgan fingerprint density at radius 3 is 2.59 bits per heavy atom. The maximum atomic E-state index is 11.5. The number of halogens is 1. The molecular weight excluding hydrogens is 236 g/mol. The molecule has 0 aliphatic heterocycles. The minimum atomic E-state index is 0.128. The van der Waals surface area contributed by atoms with E-state index in [9.17, 15) is 4.79 Å². The van der Waals surface area contributed by atoms with Crippen LogP contribution < -0.4 is 0 Å². The zero-order chi connectivity index (χ0) is 13.0. The van der Waals surface area contributed by atoms with Gasteiger partial charge in [-0.2, -0.15) is 5.10 Å². The van der Waals surface area contributed by atoms with Crippen LogP contribution in [0.1, 0.15) is 45.0 Å². The molecule has 1 aromatic rings. The molecule has 0 aliphatic carbocycles. The number of carbonyl (C=O) groups is 1. The van der Waals surface area contributed by atoms with E-state index in [1.165, 1.54) is 0 Å². The summed E-state index contributed by atoms with van der Waals surface area (Å²) < 4.78 is 1.83. The van der Waals surface area contributed by atoms with Crippen LogP contribution in [-0.2, 0) is 24.7 Å². The molecule has 0 bridgehead atoms. The van der Waals surface area contributed by atoms with Crippen molar-refractivity contribution >= 4 is 17.4 Å². The van der Waals surface area contributed by atoms with Gasteiger partial charge in [0.1, 0.15) is 5.78 Å². The highest BCUT2D eigenvalue weighted by Gasteiger charge is 2.13. The highest BCUT2D eigenvalue weighted by Crippen LogP contribution is 2.22. The summed E-state index contributed by atoms with van der Waals surface area (Å²) in [6.07, 6.45) is 3.14. The second-order valence-corrected chi connectivity index (χ2v) is 5.04. The lowest BCUT2D eigenvalue weighted by molar-refractivity contribution is -0.121. The predicted octanol–water partition coefficient (Wildman–Crippen LogP) is 3.18. The minimum Gasteiger partial charge on any atom is -0.299 e. The average Bonchev–Trinajstić information content (AvgIpc) is 2.55. The van der Waals surface area contributed by atoms with Crippen molar-refractivity contribution in [2.75, 3.05) is 0 Å². The monoisotopic (exact) mass is 256 g/mol. The molecule has 4 heteroatoms. The molecule has 17 heavy (non-hydrogen) atoms. The van der Waals surface area contributed by atoms with Gasteiger partial charge in [-0.15, -0.1) is 0 Å². The molecule has 3 nitrogen and oxygen atoms in total. The summed E-state index contributed by atoms with van der Waals surface area (Å²) in [6, 6.07) is 0. The molecule has 1 aromatic heterocycles. The second kappa shape index (κ2) is 6.20. The van der Waals surface area contributed by atoms with Gasteiger partial charge in [-0.05, 0) is 19.3 Å². The van der Waals surface area contributed by atoms with Gasteiger partial charge in [0.25, 0.3) is 0 Å². The Kier molecular flexibility index (Phi) is 5.19. The van der Waals surface area contributed by atoms with Crippen molar-refractivity contribution < 1.29 is 4.79 Å². The Morgan fingerprint density at radius 1 is 1.47 bits per heavy atom. The molecule has 0 amide bonds. The Balaban J connectivity index is 2.58. The first-order valence-electron chi connectivity index (χ1n) is 6.20. The second-order valence-electron chi connectivity index (χ2n) is 4.66. The molecule has 0 unspecified atom stereocenters. The summed E-state index contributed by atoms with van der Waals surface area (Å²) in [4.78, 5) is 11.5. The highest BCUT2D eigenvalue weighted by atomic mass is 35.5. The summed E-state index contributed by atoms with van der Waals surface area (Å²) in [5.41, 5.74) is 1.99. The van der Waals surface area contributed by atoms with Crippen LogP contribution in [0, 0.1) is 5.92 Å². The van der Waals surface area contributed by atoms with Crippen LogP contribution in [0.4, 0.5) is 0 Å². The standard InChI is InChI=1S/C13H21ClN2O/c1-5-10-13(14)11(16(4)15-10)7-6-8-12(17)9(2)3/h9H,5-8H2,1-4H3. The number of carbonyl (C=O) groups excluding carboxylic acids is 1. The van der Waals surface area contributed by atoms with Crippen molar-refractivity contribution in [3.8, 4) is 0 Å². The van der Waals surface area contributed by atoms with Crippen molar-refractivity contribution in [2.45, 2.75) is 46.5 Å². The van der Waals surface area contributed by atoms with E-state index in [4.69, 9.17) is 11.6 Å². The summed E-state index contributed by atoms with van der Waals surface area (Å²) in [5, 5.41) is 5.13. The number of Topliss-reactive ketones (excluding diaryl/α,β-unsaturated/α-hetero) is 1. The normalized spacial score (nSPS) is 11.2. The fraction of sp³-hybridized carbons (Fsp3) is 0.692. The van der Waals surface area contributed by atoms with Crippen molar-refractivity contribution in [1.29, 1.82) is 0 Å². The topological polar surface area (TPSA) is 34.9 Å². The fourth-order valence-corrected chi connectivity index (χ4v) is 2.20. The molecule has 0 saturated heterocycles. The van der Waals surface area contributed by atoms with E-state index in [0.717, 1.165) is 35.7 Å². The van der Waals surface area contributed by atoms with Crippen LogP contribution in [0.2, 0.25) is 5.02 Å². The van der Waals surface area contributed by atoms with Crippen LogP contribution in [-0.4, -0.2) is 15.6 Å². The molecule has 0 saturated carbocycles. The van der Waals surface area contributed by atoms with Crippen LogP contribution in [0.3, 0.4) is 0 Å². The molecule has 0 aliphatic rings. The van der Waals surface area contributed by atoms with E-state index in [0.29, 0.717) is 12.2 Å². The minimum absolute atomic E-state index is 0.128. The molecule has 0 spiro atoms. The molecule has 1 rings (SSSR count). The quantitative estimate of drug-likeness (QED) is 0.784. The van der Waals surface area contributed by atoms with Gasteiger partial charge in [-0.25, -0.2) is 0 Å². The van der Waals surface area contributed by atoms with Gasteiger partial charge < -0.3 is 0 Å². The van der Waals surface area contributed by atoms with E-state index in [1.807, 2.05) is 32.5 Å². The number of nitrogens with zero attached hydrogens (tertiary/aromatic N) is 2. The van der Waals surface area contributed by atoms with Crippen molar-refractivity contribution in [1.82, 2.24) is 9.78 Å². The molecule has 0 atom stereocenters.